The van der Waals surface area contributed by atoms with Crippen molar-refractivity contribution >= 4 is 11.9 Å². The third kappa shape index (κ3) is 3.51. The fourth-order valence-corrected chi connectivity index (χ4v) is 3.21. The molecule has 7 heteroatoms. The monoisotopic (exact) mass is 357 g/mol. The van der Waals surface area contributed by atoms with Crippen molar-refractivity contribution < 1.29 is 19.1 Å². The molecule has 0 spiro atoms. The summed E-state index contributed by atoms with van der Waals surface area (Å²) in [6.45, 7) is 3.57. The van der Waals surface area contributed by atoms with E-state index < -0.39 is 17.9 Å². The highest BCUT2D eigenvalue weighted by Crippen LogP contribution is 2.28. The van der Waals surface area contributed by atoms with Crippen molar-refractivity contribution in [2.45, 2.75) is 38.1 Å². The normalized spacial score (nSPS) is 13.9. The summed E-state index contributed by atoms with van der Waals surface area (Å²) in [6.07, 6.45) is 4.66. The summed E-state index contributed by atoms with van der Waals surface area (Å²) in [5.74, 6) is -2.00. The number of nitrogens with one attached hydrogen (secondary N) is 1. The number of rotatable bonds is 7. The average molecular weight is 357 g/mol. The Balaban J connectivity index is 1.91. The van der Waals surface area contributed by atoms with Crippen LogP contribution in [0.3, 0.4) is 0 Å². The van der Waals surface area contributed by atoms with Crippen LogP contribution >= 0.6 is 0 Å². The minimum absolute atomic E-state index is 0.214. The molecule has 0 fully saturated rings. The number of halogens is 1. The largest absolute Gasteiger partial charge is 0.480 e. The second-order valence-electron chi connectivity index (χ2n) is 6.25. The third-order valence-electron chi connectivity index (χ3n) is 4.46. The fourth-order valence-electron chi connectivity index (χ4n) is 3.21. The molecule has 1 aromatic carbocycles. The summed E-state index contributed by atoms with van der Waals surface area (Å²) in [5.41, 5.74) is 2.44. The predicted molar refractivity (Wildman–Crippen MR) is 93.9 cm³/mol. The summed E-state index contributed by atoms with van der Waals surface area (Å²) >= 11 is 0. The Bertz CT molecular complexity index is 860. The van der Waals surface area contributed by atoms with Crippen molar-refractivity contribution in [3.05, 3.63) is 59.7 Å². The number of hydrogen-bond donors (Lipinski definition) is 2. The summed E-state index contributed by atoms with van der Waals surface area (Å²) in [5, 5.41) is 16.2. The lowest BCUT2D eigenvalue weighted by Gasteiger charge is -2.13. The Hall–Kier alpha value is -2.96. The quantitative estimate of drug-likeness (QED) is 0.746. The van der Waals surface area contributed by atoms with Crippen LogP contribution in [0.2, 0.25) is 0 Å². The van der Waals surface area contributed by atoms with Crippen LogP contribution in [0.4, 0.5) is 4.39 Å². The van der Waals surface area contributed by atoms with Gasteiger partial charge in [-0.2, -0.15) is 5.10 Å². The molecule has 0 saturated heterocycles. The van der Waals surface area contributed by atoms with Crippen molar-refractivity contribution in [1.82, 2.24) is 15.1 Å². The zero-order valence-corrected chi connectivity index (χ0v) is 14.2. The first-order valence-electron chi connectivity index (χ1n) is 8.52. The molecule has 1 heterocycles. The van der Waals surface area contributed by atoms with Gasteiger partial charge in [0.15, 0.2) is 5.69 Å². The number of aliphatic carboxylic acids is 1. The van der Waals surface area contributed by atoms with Crippen LogP contribution in [0, 0.1) is 5.82 Å². The van der Waals surface area contributed by atoms with E-state index in [-0.39, 0.29) is 17.9 Å². The van der Waals surface area contributed by atoms with Crippen LogP contribution in [0.15, 0.2) is 36.9 Å². The first-order valence-corrected chi connectivity index (χ1v) is 8.52. The molecule has 1 aromatic heterocycles. The number of carboxylic acids is 1. The molecule has 26 heavy (non-hydrogen) atoms. The van der Waals surface area contributed by atoms with E-state index in [1.807, 2.05) is 0 Å². The number of benzene rings is 1. The molecule has 0 aliphatic heterocycles. The van der Waals surface area contributed by atoms with Gasteiger partial charge in [0.05, 0.1) is 5.69 Å². The van der Waals surface area contributed by atoms with Gasteiger partial charge in [-0.1, -0.05) is 12.1 Å². The number of carbonyl (C=O) groups excluding carboxylic acids is 1. The van der Waals surface area contributed by atoms with Gasteiger partial charge in [-0.05, 0) is 50.3 Å². The van der Waals surface area contributed by atoms with Gasteiger partial charge in [0, 0.05) is 11.3 Å². The number of aromatic nitrogens is 2. The number of nitrogens with zero attached hydrogens (tertiary/aromatic N) is 2. The summed E-state index contributed by atoms with van der Waals surface area (Å²) in [7, 11) is 0. The zero-order chi connectivity index (χ0) is 18.7. The molecular weight excluding hydrogens is 337 g/mol. The summed E-state index contributed by atoms with van der Waals surface area (Å²) < 4.78 is 15.1. The molecule has 0 radical (unpaired) electrons. The van der Waals surface area contributed by atoms with Crippen LogP contribution in [-0.2, 0) is 17.6 Å². The van der Waals surface area contributed by atoms with Gasteiger partial charge in [-0.25, -0.2) is 13.9 Å². The van der Waals surface area contributed by atoms with E-state index in [0.717, 1.165) is 24.1 Å². The standard InChI is InChI=1S/C19H20FN3O3/c1-2-3-9-15(19(25)26)21-18(24)17-14-8-5-10-16(14)23(22-17)13-7-4-6-12(20)11-13/h2,4,6-7,11,15H,1,3,5,8-10H2,(H,21,24)(H,25,26). The van der Waals surface area contributed by atoms with E-state index >= 15 is 0 Å². The van der Waals surface area contributed by atoms with E-state index in [9.17, 15) is 19.1 Å². The van der Waals surface area contributed by atoms with Gasteiger partial charge in [-0.15, -0.1) is 6.58 Å². The minimum Gasteiger partial charge on any atom is -0.480 e. The molecule has 0 saturated carbocycles. The highest BCUT2D eigenvalue weighted by Gasteiger charge is 2.29. The summed E-state index contributed by atoms with van der Waals surface area (Å²) in [6, 6.07) is 5.01. The van der Waals surface area contributed by atoms with Crippen LogP contribution < -0.4 is 5.32 Å². The summed E-state index contributed by atoms with van der Waals surface area (Å²) in [4.78, 5) is 24.0. The molecule has 1 amide bonds. The van der Waals surface area contributed by atoms with Crippen LogP contribution in [0.1, 0.15) is 41.0 Å². The molecule has 2 aromatic rings. The van der Waals surface area contributed by atoms with Crippen LogP contribution in [0.25, 0.3) is 5.69 Å². The molecule has 2 N–H and O–H groups in total. The lowest BCUT2D eigenvalue weighted by molar-refractivity contribution is -0.139. The Labute approximate surface area is 150 Å². The third-order valence-corrected chi connectivity index (χ3v) is 4.46. The van der Waals surface area contributed by atoms with Crippen LogP contribution in [0.5, 0.6) is 0 Å². The number of carbonyl (C=O) groups is 2. The van der Waals surface area contributed by atoms with E-state index in [4.69, 9.17) is 0 Å². The Morgan fingerprint density at radius 2 is 2.23 bits per heavy atom. The van der Waals surface area contributed by atoms with Crippen molar-refractivity contribution in [2.75, 3.05) is 0 Å². The maximum absolute atomic E-state index is 13.6. The second kappa shape index (κ2) is 7.51. The van der Waals surface area contributed by atoms with Crippen molar-refractivity contribution in [3.8, 4) is 5.69 Å². The van der Waals surface area contributed by atoms with E-state index in [1.54, 1.807) is 22.9 Å². The molecule has 1 aliphatic rings. The molecule has 6 nitrogen and oxygen atoms in total. The maximum Gasteiger partial charge on any atom is 0.326 e. The number of amides is 1. The molecule has 0 bridgehead atoms. The Morgan fingerprint density at radius 3 is 2.92 bits per heavy atom. The van der Waals surface area contributed by atoms with Gasteiger partial charge in [0.2, 0.25) is 0 Å². The Kier molecular flexibility index (Phi) is 5.16. The topological polar surface area (TPSA) is 84.2 Å². The lowest BCUT2D eigenvalue weighted by Crippen LogP contribution is -2.41. The molecule has 1 atom stereocenters. The van der Waals surface area contributed by atoms with Crippen LogP contribution in [-0.4, -0.2) is 32.8 Å². The van der Waals surface area contributed by atoms with Gasteiger partial charge >= 0.3 is 5.97 Å². The van der Waals surface area contributed by atoms with Gasteiger partial charge in [0.1, 0.15) is 11.9 Å². The second-order valence-corrected chi connectivity index (χ2v) is 6.25. The molecule has 1 aliphatic carbocycles. The van der Waals surface area contributed by atoms with E-state index in [1.165, 1.54) is 12.1 Å². The van der Waals surface area contributed by atoms with E-state index in [0.29, 0.717) is 18.5 Å². The van der Waals surface area contributed by atoms with Crippen molar-refractivity contribution in [3.63, 3.8) is 0 Å². The maximum atomic E-state index is 13.6. The number of allylic oxidation sites excluding steroid dienone is 1. The molecule has 1 unspecified atom stereocenters. The first kappa shape index (κ1) is 17.8. The number of carboxylic acid groups (broad SMARTS) is 1. The predicted octanol–water partition coefficient (Wildman–Crippen LogP) is 2.65. The van der Waals surface area contributed by atoms with E-state index in [2.05, 4.69) is 17.0 Å². The fraction of sp³-hybridized carbons (Fsp3) is 0.316. The van der Waals surface area contributed by atoms with Crippen molar-refractivity contribution in [1.29, 1.82) is 0 Å². The molecule has 136 valence electrons. The average Bonchev–Trinajstić information content (AvgIpc) is 3.20. The first-order chi connectivity index (χ1) is 12.5. The smallest absolute Gasteiger partial charge is 0.326 e. The van der Waals surface area contributed by atoms with Gasteiger partial charge < -0.3 is 10.4 Å². The lowest BCUT2D eigenvalue weighted by atomic mass is 10.1. The molecular formula is C19H20FN3O3. The number of hydrogen-bond acceptors (Lipinski definition) is 3. The zero-order valence-electron chi connectivity index (χ0n) is 14.2. The van der Waals surface area contributed by atoms with Gasteiger partial charge in [-0.3, -0.25) is 4.79 Å². The number of fused-ring (bicyclic) bond motifs is 1. The highest BCUT2D eigenvalue weighted by molar-refractivity contribution is 5.96. The minimum atomic E-state index is -1.10. The van der Waals surface area contributed by atoms with Crippen molar-refractivity contribution in [2.24, 2.45) is 0 Å². The van der Waals surface area contributed by atoms with Gasteiger partial charge in [0.25, 0.3) is 5.91 Å². The SMILES string of the molecule is C=CCCC(NC(=O)c1nn(-c2cccc(F)c2)c2c1CCC2)C(=O)O. The molecule has 3 rings (SSSR count). The highest BCUT2D eigenvalue weighted by atomic mass is 19.1. The Morgan fingerprint density at radius 1 is 1.42 bits per heavy atom.